The zero-order chi connectivity index (χ0) is 23.5. The number of aromatic nitrogens is 4. The van der Waals surface area contributed by atoms with Gasteiger partial charge in [0.1, 0.15) is 12.4 Å². The molecule has 1 fully saturated rings. The van der Waals surface area contributed by atoms with E-state index in [1.54, 1.807) is 0 Å². The molecule has 5 aromatic rings. The lowest BCUT2D eigenvalue weighted by molar-refractivity contribution is 0.306. The molecule has 0 atom stereocenters. The monoisotopic (exact) mass is 465 g/mol. The number of nitrogens with zero attached hydrogens (tertiary/aromatic N) is 3. The SMILES string of the molecule is c1ccc(COc2cccc(Nc3nnc(-c4nc5ccc(C6CCCCC6)cc5[nH]4)o3)c2)cc1. The fourth-order valence-corrected chi connectivity index (χ4v) is 4.72. The Morgan fingerprint density at radius 2 is 1.80 bits per heavy atom. The quantitative estimate of drug-likeness (QED) is 0.269. The van der Waals surface area contributed by atoms with Gasteiger partial charge in [0.2, 0.25) is 0 Å². The number of anilines is 2. The summed E-state index contributed by atoms with van der Waals surface area (Å²) in [4.78, 5) is 8.01. The van der Waals surface area contributed by atoms with Crippen molar-refractivity contribution in [3.8, 4) is 17.5 Å². The lowest BCUT2D eigenvalue weighted by Crippen LogP contribution is -2.04. The highest BCUT2D eigenvalue weighted by Gasteiger charge is 2.18. The van der Waals surface area contributed by atoms with Gasteiger partial charge in [-0.05, 0) is 54.2 Å². The van der Waals surface area contributed by atoms with Gasteiger partial charge in [0, 0.05) is 11.8 Å². The van der Waals surface area contributed by atoms with Gasteiger partial charge in [0.05, 0.1) is 11.0 Å². The lowest BCUT2D eigenvalue weighted by Gasteiger charge is -2.21. The van der Waals surface area contributed by atoms with E-state index in [0.717, 1.165) is 28.0 Å². The Labute approximate surface area is 203 Å². The molecule has 1 aliphatic carbocycles. The van der Waals surface area contributed by atoms with Crippen LogP contribution in [0.25, 0.3) is 22.7 Å². The molecule has 2 heterocycles. The molecule has 2 N–H and O–H groups in total. The Bertz CT molecular complexity index is 1420. The molecule has 6 rings (SSSR count). The molecular weight excluding hydrogens is 438 g/mol. The van der Waals surface area contributed by atoms with Gasteiger partial charge in [-0.15, -0.1) is 5.10 Å². The highest BCUT2D eigenvalue weighted by Crippen LogP contribution is 2.34. The van der Waals surface area contributed by atoms with Crippen LogP contribution in [-0.4, -0.2) is 20.2 Å². The first kappa shape index (κ1) is 21.4. The summed E-state index contributed by atoms with van der Waals surface area (Å²) >= 11 is 0. The van der Waals surface area contributed by atoms with Crippen LogP contribution in [0.1, 0.15) is 49.1 Å². The zero-order valence-corrected chi connectivity index (χ0v) is 19.4. The summed E-state index contributed by atoms with van der Waals surface area (Å²) in [5.74, 6) is 2.32. The van der Waals surface area contributed by atoms with Gasteiger partial charge in [-0.25, -0.2) is 4.98 Å². The van der Waals surface area contributed by atoms with Gasteiger partial charge in [0.15, 0.2) is 5.82 Å². The van der Waals surface area contributed by atoms with E-state index in [1.165, 1.54) is 37.7 Å². The summed E-state index contributed by atoms with van der Waals surface area (Å²) in [5, 5.41) is 11.5. The molecule has 0 amide bonds. The molecule has 1 saturated carbocycles. The van der Waals surface area contributed by atoms with Crippen molar-refractivity contribution in [3.05, 3.63) is 83.9 Å². The number of nitrogens with one attached hydrogen (secondary N) is 2. The van der Waals surface area contributed by atoms with Gasteiger partial charge in [-0.3, -0.25) is 0 Å². The first-order valence-corrected chi connectivity index (χ1v) is 12.2. The third kappa shape index (κ3) is 4.89. The average Bonchev–Trinajstić information content (AvgIpc) is 3.55. The van der Waals surface area contributed by atoms with Gasteiger partial charge < -0.3 is 19.5 Å². The van der Waals surface area contributed by atoms with Crippen molar-refractivity contribution in [2.24, 2.45) is 0 Å². The zero-order valence-electron chi connectivity index (χ0n) is 19.4. The number of imidazole rings is 1. The highest BCUT2D eigenvalue weighted by molar-refractivity contribution is 5.79. The van der Waals surface area contributed by atoms with Crippen LogP contribution in [-0.2, 0) is 6.61 Å². The maximum atomic E-state index is 5.91. The van der Waals surface area contributed by atoms with Crippen LogP contribution in [0.5, 0.6) is 5.75 Å². The number of hydrogen-bond acceptors (Lipinski definition) is 6. The fraction of sp³-hybridized carbons (Fsp3) is 0.250. The molecule has 3 aromatic carbocycles. The standard InChI is InChI=1S/C28H27N5O2/c1-3-8-19(9-4-1)18-34-23-13-7-12-22(17-23)29-28-33-32-27(35-28)26-30-24-15-14-21(16-25(24)31-26)20-10-5-2-6-11-20/h1,3-4,7-9,12-17,20H,2,5-6,10-11,18H2,(H,29,33)(H,30,31). The van der Waals surface area contributed by atoms with Crippen molar-refractivity contribution in [1.29, 1.82) is 0 Å². The van der Waals surface area contributed by atoms with E-state index < -0.39 is 0 Å². The Hall–Kier alpha value is -4.13. The minimum absolute atomic E-state index is 0.295. The van der Waals surface area contributed by atoms with Crippen LogP contribution in [0.3, 0.4) is 0 Å². The molecule has 7 nitrogen and oxygen atoms in total. The van der Waals surface area contributed by atoms with E-state index in [9.17, 15) is 0 Å². The summed E-state index contributed by atoms with van der Waals surface area (Å²) in [6, 6.07) is 24.5. The second kappa shape index (κ2) is 9.62. The van der Waals surface area contributed by atoms with Crippen molar-refractivity contribution in [2.75, 3.05) is 5.32 Å². The van der Waals surface area contributed by atoms with Crippen LogP contribution >= 0.6 is 0 Å². The number of hydrogen-bond donors (Lipinski definition) is 2. The molecule has 7 heteroatoms. The maximum absolute atomic E-state index is 5.91. The van der Waals surface area contributed by atoms with Crippen molar-refractivity contribution in [2.45, 2.75) is 44.6 Å². The minimum atomic E-state index is 0.295. The van der Waals surface area contributed by atoms with Gasteiger partial charge >= 0.3 is 6.01 Å². The summed E-state index contributed by atoms with van der Waals surface area (Å²) in [5.41, 5.74) is 5.20. The molecule has 2 aromatic heterocycles. The summed E-state index contributed by atoms with van der Waals surface area (Å²) in [6.07, 6.45) is 6.52. The summed E-state index contributed by atoms with van der Waals surface area (Å²) in [6.45, 7) is 0.503. The predicted octanol–water partition coefficient (Wildman–Crippen LogP) is 6.98. The third-order valence-corrected chi connectivity index (χ3v) is 6.54. The summed E-state index contributed by atoms with van der Waals surface area (Å²) in [7, 11) is 0. The highest BCUT2D eigenvalue weighted by atomic mass is 16.5. The van der Waals surface area contributed by atoms with Gasteiger partial charge in [-0.1, -0.05) is 66.8 Å². The van der Waals surface area contributed by atoms with Crippen molar-refractivity contribution in [1.82, 2.24) is 20.2 Å². The lowest BCUT2D eigenvalue weighted by atomic mass is 9.84. The number of fused-ring (bicyclic) bond motifs is 1. The number of H-pyrrole nitrogens is 1. The van der Waals surface area contributed by atoms with Crippen LogP contribution < -0.4 is 10.1 Å². The molecule has 0 saturated heterocycles. The summed E-state index contributed by atoms with van der Waals surface area (Å²) < 4.78 is 11.8. The molecule has 35 heavy (non-hydrogen) atoms. The molecule has 176 valence electrons. The molecule has 0 aliphatic heterocycles. The smallest absolute Gasteiger partial charge is 0.320 e. The van der Waals surface area contributed by atoms with E-state index in [1.807, 2.05) is 54.6 Å². The number of benzene rings is 3. The van der Waals surface area contributed by atoms with Crippen molar-refractivity contribution >= 4 is 22.7 Å². The second-order valence-electron chi connectivity index (χ2n) is 9.04. The van der Waals surface area contributed by atoms with E-state index in [0.29, 0.717) is 30.3 Å². The normalized spacial score (nSPS) is 14.3. The number of rotatable bonds is 7. The Balaban J connectivity index is 1.15. The Kier molecular flexibility index (Phi) is 5.88. The second-order valence-corrected chi connectivity index (χ2v) is 9.04. The fourth-order valence-electron chi connectivity index (χ4n) is 4.72. The molecule has 0 bridgehead atoms. The van der Waals surface area contributed by atoms with Gasteiger partial charge in [-0.2, -0.15) is 0 Å². The van der Waals surface area contributed by atoms with Crippen LogP contribution in [0.2, 0.25) is 0 Å². The van der Waals surface area contributed by atoms with E-state index in [4.69, 9.17) is 9.15 Å². The van der Waals surface area contributed by atoms with Gasteiger partial charge in [0.25, 0.3) is 5.89 Å². The third-order valence-electron chi connectivity index (χ3n) is 6.54. The average molecular weight is 466 g/mol. The topological polar surface area (TPSA) is 88.9 Å². The van der Waals surface area contributed by atoms with Crippen LogP contribution in [0.15, 0.2) is 77.2 Å². The minimum Gasteiger partial charge on any atom is -0.489 e. The van der Waals surface area contributed by atoms with Crippen molar-refractivity contribution < 1.29 is 9.15 Å². The van der Waals surface area contributed by atoms with Crippen LogP contribution in [0, 0.1) is 0 Å². The molecule has 0 unspecified atom stereocenters. The number of aromatic amines is 1. The number of ether oxygens (including phenoxy) is 1. The largest absolute Gasteiger partial charge is 0.489 e. The van der Waals surface area contributed by atoms with Crippen molar-refractivity contribution in [3.63, 3.8) is 0 Å². The first-order valence-electron chi connectivity index (χ1n) is 12.2. The predicted molar refractivity (Wildman–Crippen MR) is 136 cm³/mol. The Morgan fingerprint density at radius 3 is 2.69 bits per heavy atom. The molecule has 1 aliphatic rings. The Morgan fingerprint density at radius 1 is 0.914 bits per heavy atom. The maximum Gasteiger partial charge on any atom is 0.320 e. The van der Waals surface area contributed by atoms with E-state index in [2.05, 4.69) is 43.7 Å². The first-order chi connectivity index (χ1) is 17.3. The van der Waals surface area contributed by atoms with E-state index in [-0.39, 0.29) is 0 Å². The van der Waals surface area contributed by atoms with E-state index >= 15 is 0 Å². The van der Waals surface area contributed by atoms with Crippen LogP contribution in [0.4, 0.5) is 11.7 Å². The molecule has 0 spiro atoms. The molecule has 0 radical (unpaired) electrons. The molecular formula is C28H27N5O2.